The molecule has 0 bridgehead atoms. The second-order valence-electron chi connectivity index (χ2n) is 6.12. The number of para-hydroxylation sites is 1. The van der Waals surface area contributed by atoms with E-state index in [0.29, 0.717) is 10.6 Å². The van der Waals surface area contributed by atoms with Crippen molar-refractivity contribution in [1.29, 1.82) is 0 Å². The summed E-state index contributed by atoms with van der Waals surface area (Å²) in [4.78, 5) is 28.6. The number of benzene rings is 2. The fourth-order valence-corrected chi connectivity index (χ4v) is 3.16. The van der Waals surface area contributed by atoms with E-state index in [-0.39, 0.29) is 12.3 Å². The smallest absolute Gasteiger partial charge is 0.307 e. The lowest BCUT2D eigenvalue weighted by Crippen LogP contribution is -2.29. The fourth-order valence-electron chi connectivity index (χ4n) is 2.89. The number of carbonyl (C=O) groups is 2. The first-order chi connectivity index (χ1) is 13.6. The van der Waals surface area contributed by atoms with E-state index in [4.69, 9.17) is 16.3 Å². The Hall–Kier alpha value is -3.18. The molecule has 0 fully saturated rings. The van der Waals surface area contributed by atoms with E-state index in [1.54, 1.807) is 36.5 Å². The van der Waals surface area contributed by atoms with Crippen molar-refractivity contribution in [3.8, 4) is 0 Å². The quantitative estimate of drug-likeness (QED) is 0.499. The van der Waals surface area contributed by atoms with Crippen LogP contribution in [0.25, 0.3) is 17.0 Å². The number of hydrogen-bond acceptors (Lipinski definition) is 4. The molecule has 1 unspecified atom stereocenters. The summed E-state index contributed by atoms with van der Waals surface area (Å²) in [6, 6.07) is 16.1. The van der Waals surface area contributed by atoms with E-state index in [1.165, 1.54) is 13.2 Å². The Balaban J connectivity index is 1.80. The Bertz CT molecular complexity index is 1030. The van der Waals surface area contributed by atoms with Crippen LogP contribution < -0.4 is 5.32 Å². The highest BCUT2D eigenvalue weighted by Crippen LogP contribution is 2.25. The van der Waals surface area contributed by atoms with Crippen molar-refractivity contribution in [2.24, 2.45) is 0 Å². The maximum atomic E-state index is 12.5. The van der Waals surface area contributed by atoms with Crippen molar-refractivity contribution in [3.63, 3.8) is 0 Å². The van der Waals surface area contributed by atoms with E-state index < -0.39 is 12.0 Å². The van der Waals surface area contributed by atoms with E-state index >= 15 is 0 Å². The number of esters is 1. The van der Waals surface area contributed by atoms with Crippen LogP contribution in [0.2, 0.25) is 5.02 Å². The molecule has 0 saturated heterocycles. The van der Waals surface area contributed by atoms with Crippen LogP contribution in [-0.2, 0) is 14.3 Å². The summed E-state index contributed by atoms with van der Waals surface area (Å²) in [5.74, 6) is -0.783. The molecule has 1 heterocycles. The maximum Gasteiger partial charge on any atom is 0.307 e. The number of methoxy groups -OCH3 is 1. The molecule has 1 amide bonds. The van der Waals surface area contributed by atoms with Crippen LogP contribution >= 0.6 is 11.6 Å². The van der Waals surface area contributed by atoms with Crippen LogP contribution in [0.5, 0.6) is 0 Å². The third kappa shape index (κ3) is 4.75. The van der Waals surface area contributed by atoms with Crippen LogP contribution in [0.4, 0.5) is 0 Å². The summed E-state index contributed by atoms with van der Waals surface area (Å²) in [7, 11) is 1.31. The minimum absolute atomic E-state index is 0.0182. The first kappa shape index (κ1) is 19.6. The molecule has 1 atom stereocenters. The Morgan fingerprint density at radius 1 is 1.14 bits per heavy atom. The molecule has 1 N–H and O–H groups in total. The van der Waals surface area contributed by atoms with Gasteiger partial charge in [-0.15, -0.1) is 0 Å². The van der Waals surface area contributed by atoms with Crippen molar-refractivity contribution >= 4 is 40.5 Å². The Kier molecular flexibility index (Phi) is 6.40. The second-order valence-corrected chi connectivity index (χ2v) is 6.53. The Morgan fingerprint density at radius 2 is 1.93 bits per heavy atom. The molecule has 142 valence electrons. The highest BCUT2D eigenvalue weighted by Gasteiger charge is 2.20. The molecular weight excluding hydrogens is 376 g/mol. The zero-order valence-electron chi connectivity index (χ0n) is 15.3. The van der Waals surface area contributed by atoms with Gasteiger partial charge in [0.25, 0.3) is 0 Å². The first-order valence-electron chi connectivity index (χ1n) is 8.72. The van der Waals surface area contributed by atoms with E-state index in [2.05, 4.69) is 10.3 Å². The van der Waals surface area contributed by atoms with Crippen molar-refractivity contribution in [2.75, 3.05) is 7.11 Å². The van der Waals surface area contributed by atoms with Gasteiger partial charge in [-0.05, 0) is 23.8 Å². The highest BCUT2D eigenvalue weighted by atomic mass is 35.5. The van der Waals surface area contributed by atoms with Gasteiger partial charge in [0, 0.05) is 28.2 Å². The standard InChI is InChI=1S/C22H19ClN2O3/c1-28-21(27)14-19(17-9-2-3-10-18(17)23)25-20(26)12-11-16-7-4-6-15-8-5-13-24-22(15)16/h2-13,19H,14H2,1H3,(H,25,26)/b12-11+. The number of hydrogen-bond donors (Lipinski definition) is 1. The van der Waals surface area contributed by atoms with Crippen molar-refractivity contribution in [3.05, 3.63) is 83.0 Å². The van der Waals surface area contributed by atoms with Crippen molar-refractivity contribution in [2.45, 2.75) is 12.5 Å². The zero-order valence-corrected chi connectivity index (χ0v) is 16.0. The number of amides is 1. The van der Waals surface area contributed by atoms with Gasteiger partial charge in [0.05, 0.1) is 25.1 Å². The van der Waals surface area contributed by atoms with Gasteiger partial charge in [0.2, 0.25) is 5.91 Å². The number of fused-ring (bicyclic) bond motifs is 1. The predicted molar refractivity (Wildman–Crippen MR) is 110 cm³/mol. The molecule has 0 aliphatic heterocycles. The summed E-state index contributed by atoms with van der Waals surface area (Å²) in [6.45, 7) is 0. The molecule has 2 aromatic carbocycles. The predicted octanol–water partition coefficient (Wildman–Crippen LogP) is 4.32. The summed E-state index contributed by atoms with van der Waals surface area (Å²) in [5.41, 5.74) is 2.30. The number of halogens is 1. The zero-order chi connectivity index (χ0) is 19.9. The van der Waals surface area contributed by atoms with Gasteiger partial charge in [0.15, 0.2) is 0 Å². The monoisotopic (exact) mass is 394 g/mol. The van der Waals surface area contributed by atoms with Crippen LogP contribution in [0.3, 0.4) is 0 Å². The third-order valence-electron chi connectivity index (χ3n) is 4.27. The lowest BCUT2D eigenvalue weighted by Gasteiger charge is -2.18. The molecule has 0 spiro atoms. The topological polar surface area (TPSA) is 68.3 Å². The number of rotatable bonds is 6. The molecule has 0 aliphatic rings. The van der Waals surface area contributed by atoms with Gasteiger partial charge in [0.1, 0.15) is 0 Å². The molecule has 3 aromatic rings. The summed E-state index contributed by atoms with van der Waals surface area (Å²) >= 11 is 6.24. The lowest BCUT2D eigenvalue weighted by atomic mass is 10.0. The first-order valence-corrected chi connectivity index (χ1v) is 9.10. The van der Waals surface area contributed by atoms with Crippen molar-refractivity contribution in [1.82, 2.24) is 10.3 Å². The SMILES string of the molecule is COC(=O)CC(NC(=O)/C=C/c1cccc2cccnc12)c1ccccc1Cl. The van der Waals surface area contributed by atoms with Crippen LogP contribution in [0.1, 0.15) is 23.6 Å². The largest absolute Gasteiger partial charge is 0.469 e. The van der Waals surface area contributed by atoms with Gasteiger partial charge < -0.3 is 10.1 Å². The minimum Gasteiger partial charge on any atom is -0.469 e. The van der Waals surface area contributed by atoms with Crippen LogP contribution in [0.15, 0.2) is 66.9 Å². The van der Waals surface area contributed by atoms with E-state index in [9.17, 15) is 9.59 Å². The number of ether oxygens (including phenoxy) is 1. The molecule has 3 rings (SSSR count). The number of nitrogens with zero attached hydrogens (tertiary/aromatic N) is 1. The molecule has 0 radical (unpaired) electrons. The third-order valence-corrected chi connectivity index (χ3v) is 4.62. The number of pyridine rings is 1. The average Bonchev–Trinajstić information content (AvgIpc) is 2.72. The molecule has 5 nitrogen and oxygen atoms in total. The van der Waals surface area contributed by atoms with E-state index in [1.807, 2.05) is 30.3 Å². The Labute approximate surface area is 168 Å². The van der Waals surface area contributed by atoms with Gasteiger partial charge >= 0.3 is 5.97 Å². The van der Waals surface area contributed by atoms with Gasteiger partial charge in [-0.3, -0.25) is 14.6 Å². The Morgan fingerprint density at radius 3 is 2.71 bits per heavy atom. The lowest BCUT2D eigenvalue weighted by molar-refractivity contribution is -0.141. The molecule has 0 aliphatic carbocycles. The summed E-state index contributed by atoms with van der Waals surface area (Å²) in [5, 5.41) is 4.29. The highest BCUT2D eigenvalue weighted by molar-refractivity contribution is 6.31. The number of aromatic nitrogens is 1. The number of carbonyl (C=O) groups excluding carboxylic acids is 2. The normalized spacial score (nSPS) is 12.1. The summed E-state index contributed by atoms with van der Waals surface area (Å²) in [6.07, 6.45) is 4.82. The average molecular weight is 395 g/mol. The second kappa shape index (κ2) is 9.15. The molecule has 6 heteroatoms. The molecular formula is C22H19ClN2O3. The van der Waals surface area contributed by atoms with Gasteiger partial charge in [-0.1, -0.05) is 54.1 Å². The minimum atomic E-state index is -0.594. The fraction of sp³-hybridized carbons (Fsp3) is 0.136. The molecule has 28 heavy (non-hydrogen) atoms. The van der Waals surface area contributed by atoms with Gasteiger partial charge in [-0.2, -0.15) is 0 Å². The van der Waals surface area contributed by atoms with E-state index in [0.717, 1.165) is 16.5 Å². The molecule has 1 aromatic heterocycles. The summed E-state index contributed by atoms with van der Waals surface area (Å²) < 4.78 is 4.74. The van der Waals surface area contributed by atoms with Gasteiger partial charge in [-0.25, -0.2) is 0 Å². The number of nitrogens with one attached hydrogen (secondary N) is 1. The van der Waals surface area contributed by atoms with Crippen LogP contribution in [0, 0.1) is 0 Å². The van der Waals surface area contributed by atoms with Crippen molar-refractivity contribution < 1.29 is 14.3 Å². The van der Waals surface area contributed by atoms with Crippen LogP contribution in [-0.4, -0.2) is 24.0 Å². The maximum absolute atomic E-state index is 12.5. The molecule has 0 saturated carbocycles.